The molecule has 0 aliphatic carbocycles. The quantitative estimate of drug-likeness (QED) is 0.662. The molecule has 0 bridgehead atoms. The zero-order chi connectivity index (χ0) is 10.7. The number of benzene rings is 1. The van der Waals surface area contributed by atoms with Crippen molar-refractivity contribution in [1.29, 1.82) is 0 Å². The van der Waals surface area contributed by atoms with E-state index in [2.05, 4.69) is 10.3 Å². The standard InChI is InChI=1S/C11H10N2O2/c14-7-12-4-3-8-1-2-10-9(5-8)6-11(15)13-10/h1-7,13,15H,(H,12,14). The number of fused-ring (bicyclic) bond motifs is 1. The molecule has 0 aliphatic rings. The summed E-state index contributed by atoms with van der Waals surface area (Å²) in [5.74, 6) is 0.150. The highest BCUT2D eigenvalue weighted by Crippen LogP contribution is 2.20. The molecule has 2 aromatic rings. The molecule has 1 aromatic carbocycles. The Labute approximate surface area is 86.2 Å². The first-order valence-corrected chi connectivity index (χ1v) is 4.47. The Morgan fingerprint density at radius 1 is 1.33 bits per heavy atom. The van der Waals surface area contributed by atoms with Crippen LogP contribution in [0, 0.1) is 0 Å². The van der Waals surface area contributed by atoms with Crippen molar-refractivity contribution in [3.05, 3.63) is 36.0 Å². The van der Waals surface area contributed by atoms with E-state index in [1.807, 2.05) is 18.2 Å². The van der Waals surface area contributed by atoms with Gasteiger partial charge in [0.1, 0.15) is 0 Å². The minimum Gasteiger partial charge on any atom is -0.495 e. The molecule has 0 spiro atoms. The van der Waals surface area contributed by atoms with Crippen LogP contribution in [0.15, 0.2) is 30.5 Å². The molecule has 1 amide bonds. The number of aromatic nitrogens is 1. The predicted octanol–water partition coefficient (Wildman–Crippen LogP) is 1.59. The van der Waals surface area contributed by atoms with Crippen molar-refractivity contribution in [1.82, 2.24) is 10.3 Å². The van der Waals surface area contributed by atoms with Crippen molar-refractivity contribution in [3.63, 3.8) is 0 Å². The second-order valence-corrected chi connectivity index (χ2v) is 3.12. The van der Waals surface area contributed by atoms with Crippen LogP contribution in [0.25, 0.3) is 17.0 Å². The number of hydrogen-bond donors (Lipinski definition) is 3. The average Bonchev–Trinajstić information content (AvgIpc) is 2.57. The molecule has 0 fully saturated rings. The first kappa shape index (κ1) is 9.33. The van der Waals surface area contributed by atoms with Gasteiger partial charge < -0.3 is 15.4 Å². The summed E-state index contributed by atoms with van der Waals surface area (Å²) < 4.78 is 0. The molecule has 76 valence electrons. The third-order valence-corrected chi connectivity index (χ3v) is 2.07. The third-order valence-electron chi connectivity index (χ3n) is 2.07. The monoisotopic (exact) mass is 202 g/mol. The number of aromatic amines is 1. The first-order chi connectivity index (χ1) is 7.29. The number of amides is 1. The summed E-state index contributed by atoms with van der Waals surface area (Å²) in [6, 6.07) is 7.32. The lowest BCUT2D eigenvalue weighted by Crippen LogP contribution is -1.97. The number of aromatic hydroxyl groups is 1. The summed E-state index contributed by atoms with van der Waals surface area (Å²) in [6.45, 7) is 0. The minimum absolute atomic E-state index is 0.150. The van der Waals surface area contributed by atoms with Crippen LogP contribution in [0.1, 0.15) is 5.56 Å². The molecule has 3 N–H and O–H groups in total. The van der Waals surface area contributed by atoms with Gasteiger partial charge in [-0.2, -0.15) is 0 Å². The lowest BCUT2D eigenvalue weighted by Gasteiger charge is -1.93. The van der Waals surface area contributed by atoms with E-state index in [1.165, 1.54) is 0 Å². The van der Waals surface area contributed by atoms with Gasteiger partial charge in [0.05, 0.1) is 0 Å². The van der Waals surface area contributed by atoms with Gasteiger partial charge in [-0.25, -0.2) is 0 Å². The Balaban J connectivity index is 2.33. The van der Waals surface area contributed by atoms with E-state index in [9.17, 15) is 9.90 Å². The summed E-state index contributed by atoms with van der Waals surface area (Å²) in [5.41, 5.74) is 1.84. The zero-order valence-electron chi connectivity index (χ0n) is 7.90. The molecule has 0 radical (unpaired) electrons. The number of hydrogen-bond acceptors (Lipinski definition) is 2. The van der Waals surface area contributed by atoms with Crippen LogP contribution in [-0.2, 0) is 4.79 Å². The second kappa shape index (κ2) is 3.88. The van der Waals surface area contributed by atoms with E-state index >= 15 is 0 Å². The maximum atomic E-state index is 10.0. The molecule has 1 aromatic heterocycles. The van der Waals surface area contributed by atoms with Gasteiger partial charge in [0.25, 0.3) is 0 Å². The lowest BCUT2D eigenvalue weighted by atomic mass is 10.1. The molecule has 2 rings (SSSR count). The number of H-pyrrole nitrogens is 1. The third kappa shape index (κ3) is 1.99. The van der Waals surface area contributed by atoms with Crippen molar-refractivity contribution >= 4 is 23.4 Å². The van der Waals surface area contributed by atoms with Crippen molar-refractivity contribution < 1.29 is 9.90 Å². The van der Waals surface area contributed by atoms with Gasteiger partial charge in [-0.3, -0.25) is 4.79 Å². The smallest absolute Gasteiger partial charge is 0.211 e. The van der Waals surface area contributed by atoms with E-state index < -0.39 is 0 Å². The summed E-state index contributed by atoms with van der Waals surface area (Å²) >= 11 is 0. The molecule has 0 unspecified atom stereocenters. The van der Waals surface area contributed by atoms with Gasteiger partial charge in [-0.15, -0.1) is 0 Å². The SMILES string of the molecule is O=CNC=Cc1ccc2[nH]c(O)cc2c1. The van der Waals surface area contributed by atoms with Crippen LogP contribution in [0.5, 0.6) is 5.88 Å². The van der Waals surface area contributed by atoms with Crippen LogP contribution in [0.3, 0.4) is 0 Å². The van der Waals surface area contributed by atoms with Crippen LogP contribution in [-0.4, -0.2) is 16.5 Å². The van der Waals surface area contributed by atoms with Crippen LogP contribution < -0.4 is 5.32 Å². The van der Waals surface area contributed by atoms with Crippen molar-refractivity contribution in [3.8, 4) is 5.88 Å². The van der Waals surface area contributed by atoms with Gasteiger partial charge in [0, 0.05) is 23.2 Å². The number of carbonyl (C=O) groups is 1. The van der Waals surface area contributed by atoms with E-state index in [1.54, 1.807) is 18.3 Å². The van der Waals surface area contributed by atoms with Gasteiger partial charge >= 0.3 is 0 Å². The Hall–Kier alpha value is -2.23. The topological polar surface area (TPSA) is 65.1 Å². The van der Waals surface area contributed by atoms with Gasteiger partial charge in [-0.1, -0.05) is 6.07 Å². The second-order valence-electron chi connectivity index (χ2n) is 3.12. The highest BCUT2D eigenvalue weighted by molar-refractivity contribution is 5.83. The Morgan fingerprint density at radius 2 is 2.20 bits per heavy atom. The zero-order valence-corrected chi connectivity index (χ0v) is 7.90. The molecule has 15 heavy (non-hydrogen) atoms. The molecule has 0 saturated heterocycles. The lowest BCUT2D eigenvalue weighted by molar-refractivity contribution is -0.108. The van der Waals surface area contributed by atoms with Gasteiger partial charge in [-0.05, 0) is 23.8 Å². The van der Waals surface area contributed by atoms with E-state index in [-0.39, 0.29) is 5.88 Å². The summed E-state index contributed by atoms with van der Waals surface area (Å²) in [7, 11) is 0. The minimum atomic E-state index is 0.150. The maximum Gasteiger partial charge on any atom is 0.211 e. The summed E-state index contributed by atoms with van der Waals surface area (Å²) in [4.78, 5) is 12.8. The van der Waals surface area contributed by atoms with Crippen LogP contribution in [0.2, 0.25) is 0 Å². The molecule has 1 heterocycles. The molecular weight excluding hydrogens is 192 g/mol. The highest BCUT2D eigenvalue weighted by Gasteiger charge is 1.98. The van der Waals surface area contributed by atoms with Gasteiger partial charge in [0.15, 0.2) is 5.88 Å². The van der Waals surface area contributed by atoms with Crippen LogP contribution >= 0.6 is 0 Å². The molecular formula is C11H10N2O2. The number of nitrogens with one attached hydrogen (secondary N) is 2. The molecule has 0 saturated carbocycles. The van der Waals surface area contributed by atoms with Crippen molar-refractivity contribution in [2.75, 3.05) is 0 Å². The Bertz CT molecular complexity index is 514. The van der Waals surface area contributed by atoms with E-state index in [4.69, 9.17) is 0 Å². The average molecular weight is 202 g/mol. The fraction of sp³-hybridized carbons (Fsp3) is 0. The van der Waals surface area contributed by atoms with Crippen LogP contribution in [0.4, 0.5) is 0 Å². The normalized spacial score (nSPS) is 10.9. The molecule has 4 nitrogen and oxygen atoms in total. The summed E-state index contributed by atoms with van der Waals surface area (Å²) in [6.07, 6.45) is 3.94. The van der Waals surface area contributed by atoms with Crippen molar-refractivity contribution in [2.45, 2.75) is 0 Å². The number of carbonyl (C=O) groups excluding carboxylic acids is 1. The number of rotatable bonds is 3. The molecule has 0 atom stereocenters. The molecule has 4 heteroatoms. The fourth-order valence-electron chi connectivity index (χ4n) is 1.42. The fourth-order valence-corrected chi connectivity index (χ4v) is 1.42. The Kier molecular flexibility index (Phi) is 2.41. The Morgan fingerprint density at radius 3 is 3.00 bits per heavy atom. The molecule has 0 aliphatic heterocycles. The first-order valence-electron chi connectivity index (χ1n) is 4.47. The predicted molar refractivity (Wildman–Crippen MR) is 58.2 cm³/mol. The maximum absolute atomic E-state index is 10.0. The van der Waals surface area contributed by atoms with Gasteiger partial charge in [0.2, 0.25) is 6.41 Å². The van der Waals surface area contributed by atoms with Crippen molar-refractivity contribution in [2.24, 2.45) is 0 Å². The highest BCUT2D eigenvalue weighted by atomic mass is 16.3. The summed E-state index contributed by atoms with van der Waals surface area (Å²) in [5, 5.41) is 12.6. The van der Waals surface area contributed by atoms with E-state index in [0.717, 1.165) is 16.5 Å². The largest absolute Gasteiger partial charge is 0.495 e. The van der Waals surface area contributed by atoms with E-state index in [0.29, 0.717) is 6.41 Å².